The zero-order valence-electron chi connectivity index (χ0n) is 11.1. The molecule has 0 bridgehead atoms. The van der Waals surface area contributed by atoms with Crippen LogP contribution in [0.4, 0.5) is 4.39 Å². The first-order valence-corrected chi connectivity index (χ1v) is 6.93. The molecule has 1 saturated heterocycles. The lowest BCUT2D eigenvalue weighted by molar-refractivity contribution is -0.0324. The lowest BCUT2D eigenvalue weighted by Gasteiger charge is -2.32. The normalized spacial score (nSPS) is 20.4. The van der Waals surface area contributed by atoms with Crippen molar-refractivity contribution in [3.8, 4) is 0 Å². The zero-order valence-corrected chi connectivity index (χ0v) is 11.9. The number of morpholine rings is 1. The van der Waals surface area contributed by atoms with E-state index >= 15 is 0 Å². The van der Waals surface area contributed by atoms with E-state index < -0.39 is 0 Å². The molecule has 1 aromatic rings. The second kappa shape index (κ2) is 6.41. The van der Waals surface area contributed by atoms with E-state index in [1.54, 1.807) is 6.07 Å². The summed E-state index contributed by atoms with van der Waals surface area (Å²) >= 11 is 4.99. The van der Waals surface area contributed by atoms with Gasteiger partial charge in [-0.3, -0.25) is 4.90 Å². The predicted molar refractivity (Wildman–Crippen MR) is 77.6 cm³/mol. The number of thiocarbonyl (C=S) groups is 1. The van der Waals surface area contributed by atoms with Crippen LogP contribution >= 0.6 is 12.2 Å². The van der Waals surface area contributed by atoms with Gasteiger partial charge < -0.3 is 10.5 Å². The Balaban J connectivity index is 2.12. The molecule has 0 spiro atoms. The SMILES string of the molecule is CCC1CN(Cc2ccc(F)cc2C(N)=S)CCO1. The van der Waals surface area contributed by atoms with Crippen LogP contribution in [0.1, 0.15) is 24.5 Å². The summed E-state index contributed by atoms with van der Waals surface area (Å²) in [6.45, 7) is 5.36. The molecule has 2 N–H and O–H groups in total. The van der Waals surface area contributed by atoms with Gasteiger partial charge in [0, 0.05) is 25.2 Å². The molecule has 1 atom stereocenters. The third-order valence-electron chi connectivity index (χ3n) is 3.41. The lowest BCUT2D eigenvalue weighted by atomic mass is 10.1. The van der Waals surface area contributed by atoms with Crippen LogP contribution in [0.5, 0.6) is 0 Å². The number of hydrogen-bond donors (Lipinski definition) is 1. The highest BCUT2D eigenvalue weighted by Gasteiger charge is 2.20. The maximum Gasteiger partial charge on any atom is 0.123 e. The Bertz CT molecular complexity index is 467. The fourth-order valence-electron chi connectivity index (χ4n) is 2.33. The molecule has 1 aromatic carbocycles. The third-order valence-corrected chi connectivity index (χ3v) is 3.63. The van der Waals surface area contributed by atoms with E-state index in [2.05, 4.69) is 11.8 Å². The summed E-state index contributed by atoms with van der Waals surface area (Å²) in [6.07, 6.45) is 1.28. The Morgan fingerprint density at radius 2 is 2.37 bits per heavy atom. The molecule has 1 aliphatic rings. The first-order valence-electron chi connectivity index (χ1n) is 6.52. The van der Waals surface area contributed by atoms with Gasteiger partial charge in [0.1, 0.15) is 10.8 Å². The van der Waals surface area contributed by atoms with Crippen molar-refractivity contribution in [1.29, 1.82) is 0 Å². The molecule has 0 amide bonds. The molecule has 19 heavy (non-hydrogen) atoms. The minimum absolute atomic E-state index is 0.245. The average Bonchev–Trinajstić information content (AvgIpc) is 2.41. The van der Waals surface area contributed by atoms with Crippen LogP contribution in [0.2, 0.25) is 0 Å². The summed E-state index contributed by atoms with van der Waals surface area (Å²) in [6, 6.07) is 4.63. The molecule has 0 radical (unpaired) electrons. The topological polar surface area (TPSA) is 38.5 Å². The van der Waals surface area contributed by atoms with E-state index in [4.69, 9.17) is 22.7 Å². The molecule has 2 rings (SSSR count). The van der Waals surface area contributed by atoms with E-state index in [0.29, 0.717) is 5.56 Å². The highest BCUT2D eigenvalue weighted by atomic mass is 32.1. The van der Waals surface area contributed by atoms with Crippen LogP contribution in [0, 0.1) is 5.82 Å². The van der Waals surface area contributed by atoms with E-state index in [1.807, 2.05) is 0 Å². The van der Waals surface area contributed by atoms with Crippen LogP contribution in [-0.2, 0) is 11.3 Å². The Morgan fingerprint density at radius 1 is 1.58 bits per heavy atom. The number of benzene rings is 1. The van der Waals surface area contributed by atoms with Gasteiger partial charge in [-0.15, -0.1) is 0 Å². The fraction of sp³-hybridized carbons (Fsp3) is 0.500. The van der Waals surface area contributed by atoms with Gasteiger partial charge in [0.2, 0.25) is 0 Å². The van der Waals surface area contributed by atoms with Crippen molar-refractivity contribution >= 4 is 17.2 Å². The van der Waals surface area contributed by atoms with Crippen molar-refractivity contribution in [2.75, 3.05) is 19.7 Å². The van der Waals surface area contributed by atoms with Gasteiger partial charge in [0.15, 0.2) is 0 Å². The van der Waals surface area contributed by atoms with Crippen LogP contribution < -0.4 is 5.73 Å². The molecule has 3 nitrogen and oxygen atoms in total. The van der Waals surface area contributed by atoms with Crippen LogP contribution in [0.3, 0.4) is 0 Å². The van der Waals surface area contributed by atoms with Crippen molar-refractivity contribution in [1.82, 2.24) is 4.90 Å². The second-order valence-corrected chi connectivity index (χ2v) is 5.24. The summed E-state index contributed by atoms with van der Waals surface area (Å²) in [7, 11) is 0. The van der Waals surface area contributed by atoms with Gasteiger partial charge in [0.05, 0.1) is 12.7 Å². The summed E-state index contributed by atoms with van der Waals surface area (Å²) in [4.78, 5) is 2.54. The van der Waals surface area contributed by atoms with Gasteiger partial charge in [0.25, 0.3) is 0 Å². The summed E-state index contributed by atoms with van der Waals surface area (Å²) in [5, 5.41) is 0. The number of ether oxygens (including phenoxy) is 1. The van der Waals surface area contributed by atoms with Crippen LogP contribution in [-0.4, -0.2) is 35.7 Å². The lowest BCUT2D eigenvalue weighted by Crippen LogP contribution is -2.41. The van der Waals surface area contributed by atoms with E-state index in [9.17, 15) is 4.39 Å². The monoisotopic (exact) mass is 282 g/mol. The predicted octanol–water partition coefficient (Wildman–Crippen LogP) is 2.07. The van der Waals surface area contributed by atoms with E-state index in [0.717, 1.165) is 38.2 Å². The molecular formula is C14H19FN2OS. The minimum Gasteiger partial charge on any atom is -0.389 e. The van der Waals surface area contributed by atoms with Gasteiger partial charge in [-0.05, 0) is 24.1 Å². The van der Waals surface area contributed by atoms with Gasteiger partial charge in [-0.2, -0.15) is 0 Å². The zero-order chi connectivity index (χ0) is 13.8. The van der Waals surface area contributed by atoms with Crippen LogP contribution in [0.15, 0.2) is 18.2 Å². The molecule has 0 aliphatic carbocycles. The van der Waals surface area contributed by atoms with E-state index in [-0.39, 0.29) is 16.9 Å². The summed E-state index contributed by atoms with van der Waals surface area (Å²) in [5.41, 5.74) is 7.27. The fourth-order valence-corrected chi connectivity index (χ4v) is 2.52. The Hall–Kier alpha value is -1.04. The Labute approximate surface area is 118 Å². The highest BCUT2D eigenvalue weighted by Crippen LogP contribution is 2.17. The molecule has 1 heterocycles. The van der Waals surface area contributed by atoms with Gasteiger partial charge >= 0.3 is 0 Å². The smallest absolute Gasteiger partial charge is 0.123 e. The largest absolute Gasteiger partial charge is 0.389 e. The highest BCUT2D eigenvalue weighted by molar-refractivity contribution is 7.80. The minimum atomic E-state index is -0.306. The Morgan fingerprint density at radius 3 is 3.05 bits per heavy atom. The molecule has 1 aliphatic heterocycles. The van der Waals surface area contributed by atoms with Crippen molar-refractivity contribution in [2.24, 2.45) is 5.73 Å². The number of rotatable bonds is 4. The average molecular weight is 282 g/mol. The first kappa shape index (κ1) is 14.4. The first-order chi connectivity index (χ1) is 9.10. The molecular weight excluding hydrogens is 263 g/mol. The number of nitrogens with zero attached hydrogens (tertiary/aromatic N) is 1. The quantitative estimate of drug-likeness (QED) is 0.858. The molecule has 1 unspecified atom stereocenters. The maximum absolute atomic E-state index is 13.3. The van der Waals surface area contributed by atoms with Gasteiger partial charge in [-0.25, -0.2) is 4.39 Å². The third kappa shape index (κ3) is 3.72. The molecule has 0 saturated carbocycles. The van der Waals surface area contributed by atoms with Gasteiger partial charge in [-0.1, -0.05) is 25.2 Å². The second-order valence-electron chi connectivity index (χ2n) is 4.80. The number of halogens is 1. The molecule has 104 valence electrons. The van der Waals surface area contributed by atoms with Crippen molar-refractivity contribution in [3.63, 3.8) is 0 Å². The standard InChI is InChI=1S/C14H19FN2OS/c1-2-12-9-17(5-6-18-12)8-10-3-4-11(15)7-13(10)14(16)19/h3-4,7,12H,2,5-6,8-9H2,1H3,(H2,16,19). The number of nitrogens with two attached hydrogens (primary N) is 1. The maximum atomic E-state index is 13.3. The van der Waals surface area contributed by atoms with E-state index in [1.165, 1.54) is 12.1 Å². The van der Waals surface area contributed by atoms with Crippen molar-refractivity contribution in [3.05, 3.63) is 35.1 Å². The molecule has 0 aromatic heterocycles. The summed E-state index contributed by atoms with van der Waals surface area (Å²) < 4.78 is 18.9. The molecule has 1 fully saturated rings. The number of hydrogen-bond acceptors (Lipinski definition) is 3. The molecule has 5 heteroatoms. The summed E-state index contributed by atoms with van der Waals surface area (Å²) in [5.74, 6) is -0.306. The van der Waals surface area contributed by atoms with Crippen molar-refractivity contribution < 1.29 is 9.13 Å². The van der Waals surface area contributed by atoms with Crippen LogP contribution in [0.25, 0.3) is 0 Å². The van der Waals surface area contributed by atoms with Crippen molar-refractivity contribution in [2.45, 2.75) is 26.0 Å². The Kier molecular flexibility index (Phi) is 4.85.